The zero-order valence-corrected chi connectivity index (χ0v) is 20.5. The number of anilines is 1. The highest BCUT2D eigenvalue weighted by molar-refractivity contribution is 5.80. The number of fused-ring (bicyclic) bond motifs is 1. The van der Waals surface area contributed by atoms with Gasteiger partial charge in [-0.1, -0.05) is 30.3 Å². The molecule has 0 saturated heterocycles. The molecule has 0 atom stereocenters. The summed E-state index contributed by atoms with van der Waals surface area (Å²) in [4.78, 5) is 19.4. The van der Waals surface area contributed by atoms with E-state index in [0.29, 0.717) is 25.0 Å². The number of hydrogen-bond acceptors (Lipinski definition) is 4. The lowest BCUT2D eigenvalue weighted by atomic mass is 9.82. The molecule has 2 aliphatic rings. The summed E-state index contributed by atoms with van der Waals surface area (Å²) in [6.07, 6.45) is 4.42. The fourth-order valence-electron chi connectivity index (χ4n) is 5.73. The first kappa shape index (κ1) is 23.5. The van der Waals surface area contributed by atoms with Crippen LogP contribution in [0.3, 0.4) is 0 Å². The maximum atomic E-state index is 13.7. The Morgan fingerprint density at radius 3 is 2.40 bits per heavy atom. The minimum Gasteiger partial charge on any atom is -0.367 e. The molecule has 184 valence electrons. The van der Waals surface area contributed by atoms with Gasteiger partial charge in [-0.2, -0.15) is 0 Å². The van der Waals surface area contributed by atoms with Crippen LogP contribution in [0.5, 0.6) is 0 Å². The van der Waals surface area contributed by atoms with Crippen molar-refractivity contribution in [1.82, 2.24) is 14.5 Å². The smallest absolute Gasteiger partial charge is 0.237 e. The minimum atomic E-state index is -0.603. The van der Waals surface area contributed by atoms with Crippen molar-refractivity contribution in [2.24, 2.45) is 5.73 Å². The number of benzene rings is 2. The van der Waals surface area contributed by atoms with Crippen molar-refractivity contribution in [1.29, 1.82) is 0 Å². The Morgan fingerprint density at radius 2 is 1.74 bits per heavy atom. The third-order valence-electron chi connectivity index (χ3n) is 7.67. The van der Waals surface area contributed by atoms with Gasteiger partial charge in [-0.3, -0.25) is 4.79 Å². The van der Waals surface area contributed by atoms with Crippen LogP contribution in [0.25, 0.3) is 11.3 Å². The van der Waals surface area contributed by atoms with Crippen LogP contribution < -0.4 is 11.1 Å². The second-order valence-corrected chi connectivity index (χ2v) is 10.2. The van der Waals surface area contributed by atoms with E-state index in [2.05, 4.69) is 40.2 Å². The fourth-order valence-corrected chi connectivity index (χ4v) is 5.73. The predicted octanol–water partition coefficient (Wildman–Crippen LogP) is 4.86. The summed E-state index contributed by atoms with van der Waals surface area (Å²) in [5.41, 5.74) is 8.18. The van der Waals surface area contributed by atoms with Gasteiger partial charge < -0.3 is 20.5 Å². The zero-order chi connectivity index (χ0) is 24.6. The maximum absolute atomic E-state index is 13.7. The van der Waals surface area contributed by atoms with Crippen molar-refractivity contribution in [2.45, 2.75) is 63.6 Å². The van der Waals surface area contributed by atoms with Crippen molar-refractivity contribution in [3.63, 3.8) is 0 Å². The lowest BCUT2D eigenvalue weighted by Gasteiger charge is -2.42. The number of aromatic nitrogens is 2. The quantitative estimate of drug-likeness (QED) is 0.552. The summed E-state index contributed by atoms with van der Waals surface area (Å²) in [6.45, 7) is 5.22. The topological polar surface area (TPSA) is 76.2 Å². The third kappa shape index (κ3) is 4.45. The molecule has 0 spiro atoms. The number of carbonyl (C=O) groups is 1. The first-order valence-electron chi connectivity index (χ1n) is 12.6. The van der Waals surface area contributed by atoms with E-state index in [1.807, 2.05) is 18.7 Å². The Kier molecular flexibility index (Phi) is 6.36. The van der Waals surface area contributed by atoms with Crippen LogP contribution in [0.4, 0.5) is 10.2 Å². The van der Waals surface area contributed by atoms with Crippen LogP contribution in [0.1, 0.15) is 56.8 Å². The molecular formula is C28H34FN5O. The average molecular weight is 476 g/mol. The molecule has 1 amide bonds. The third-order valence-corrected chi connectivity index (χ3v) is 7.67. The number of carbonyl (C=O) groups excluding carboxylic acids is 1. The molecule has 3 aromatic rings. The van der Waals surface area contributed by atoms with Gasteiger partial charge in [0.25, 0.3) is 0 Å². The fraction of sp³-hybridized carbons (Fsp3) is 0.429. The molecule has 0 radical (unpaired) electrons. The van der Waals surface area contributed by atoms with Gasteiger partial charge in [0, 0.05) is 24.7 Å². The minimum absolute atomic E-state index is 0.0231. The van der Waals surface area contributed by atoms with E-state index in [-0.39, 0.29) is 18.3 Å². The molecule has 6 nitrogen and oxygen atoms in total. The largest absolute Gasteiger partial charge is 0.367 e. The molecule has 1 aliphatic heterocycles. The van der Waals surface area contributed by atoms with Gasteiger partial charge in [0.15, 0.2) is 0 Å². The van der Waals surface area contributed by atoms with Crippen molar-refractivity contribution in [3.8, 4) is 11.3 Å². The Morgan fingerprint density at radius 1 is 1.06 bits per heavy atom. The predicted molar refractivity (Wildman–Crippen MR) is 136 cm³/mol. The number of nitrogens with two attached hydrogens (primary N) is 1. The van der Waals surface area contributed by atoms with E-state index in [9.17, 15) is 9.18 Å². The average Bonchev–Trinajstić information content (AvgIpc) is 3.24. The first-order valence-corrected chi connectivity index (χ1v) is 12.6. The number of hydrogen-bond donors (Lipinski definition) is 2. The number of nitrogens with one attached hydrogen (secondary N) is 1. The molecule has 1 fully saturated rings. The standard InChI is InChI=1S/C28H34FN5O/c1-28(2)27-32-25(21-8-12-22(29)13-9-21)26(33(27)16-17-34(28)24(35)18-30)31-23-14-10-20(11-15-23)19-6-4-3-5-7-19/h3-9,12-13,20,23,31H,10-11,14-18,30H2,1-2H3. The molecule has 1 aromatic heterocycles. The van der Waals surface area contributed by atoms with Gasteiger partial charge in [-0.25, -0.2) is 9.37 Å². The number of nitrogens with zero attached hydrogens (tertiary/aromatic N) is 3. The van der Waals surface area contributed by atoms with Crippen LogP contribution in [-0.2, 0) is 16.9 Å². The van der Waals surface area contributed by atoms with E-state index in [1.165, 1.54) is 17.7 Å². The van der Waals surface area contributed by atoms with Gasteiger partial charge in [0.2, 0.25) is 5.91 Å². The highest BCUT2D eigenvalue weighted by Gasteiger charge is 2.41. The monoisotopic (exact) mass is 475 g/mol. The Bertz CT molecular complexity index is 1180. The van der Waals surface area contributed by atoms with Crippen LogP contribution in [0.2, 0.25) is 0 Å². The van der Waals surface area contributed by atoms with Gasteiger partial charge in [0.1, 0.15) is 23.2 Å². The molecule has 35 heavy (non-hydrogen) atoms. The van der Waals surface area contributed by atoms with E-state index in [1.54, 1.807) is 12.1 Å². The molecular weight excluding hydrogens is 441 g/mol. The molecule has 0 unspecified atom stereocenters. The van der Waals surface area contributed by atoms with Crippen LogP contribution in [-0.4, -0.2) is 39.5 Å². The van der Waals surface area contributed by atoms with Crippen molar-refractivity contribution < 1.29 is 9.18 Å². The molecule has 2 aromatic carbocycles. The van der Waals surface area contributed by atoms with E-state index < -0.39 is 5.54 Å². The van der Waals surface area contributed by atoms with Gasteiger partial charge in [0.05, 0.1) is 12.1 Å². The van der Waals surface area contributed by atoms with Gasteiger partial charge >= 0.3 is 0 Å². The van der Waals surface area contributed by atoms with Crippen molar-refractivity contribution in [2.75, 3.05) is 18.4 Å². The van der Waals surface area contributed by atoms with E-state index in [4.69, 9.17) is 10.7 Å². The summed E-state index contributed by atoms with van der Waals surface area (Å²) in [6, 6.07) is 17.6. The molecule has 5 rings (SSSR count). The van der Waals surface area contributed by atoms with Crippen molar-refractivity contribution in [3.05, 3.63) is 71.8 Å². The summed E-state index contributed by atoms with van der Waals surface area (Å²) in [5, 5.41) is 3.82. The Balaban J connectivity index is 1.45. The lowest BCUT2D eigenvalue weighted by molar-refractivity contribution is -0.137. The maximum Gasteiger partial charge on any atom is 0.237 e. The van der Waals surface area contributed by atoms with Gasteiger partial charge in [-0.15, -0.1) is 0 Å². The van der Waals surface area contributed by atoms with Crippen molar-refractivity contribution >= 4 is 11.7 Å². The summed E-state index contributed by atoms with van der Waals surface area (Å²) in [7, 11) is 0. The highest BCUT2D eigenvalue weighted by Crippen LogP contribution is 2.40. The molecule has 2 heterocycles. The van der Waals surface area contributed by atoms with E-state index in [0.717, 1.165) is 48.6 Å². The SMILES string of the molecule is CC1(C)c2nc(-c3ccc(F)cc3)c(NC3CCC(c4ccccc4)CC3)n2CCN1C(=O)CN. The number of amides is 1. The molecule has 1 saturated carbocycles. The summed E-state index contributed by atoms with van der Waals surface area (Å²) >= 11 is 0. The number of rotatable bonds is 5. The second kappa shape index (κ2) is 9.46. The molecule has 1 aliphatic carbocycles. The van der Waals surface area contributed by atoms with E-state index >= 15 is 0 Å². The normalized spacial score (nSPS) is 21.4. The molecule has 3 N–H and O–H groups in total. The van der Waals surface area contributed by atoms with Crippen LogP contribution in [0, 0.1) is 5.82 Å². The summed E-state index contributed by atoms with van der Waals surface area (Å²) in [5.74, 6) is 2.03. The highest BCUT2D eigenvalue weighted by atomic mass is 19.1. The Labute approximate surface area is 206 Å². The lowest BCUT2D eigenvalue weighted by Crippen LogP contribution is -2.53. The Hall–Kier alpha value is -3.19. The number of halogens is 1. The van der Waals surface area contributed by atoms with Gasteiger partial charge in [-0.05, 0) is 75.3 Å². The van der Waals surface area contributed by atoms with Crippen LogP contribution in [0.15, 0.2) is 54.6 Å². The molecule has 7 heteroatoms. The summed E-state index contributed by atoms with van der Waals surface area (Å²) < 4.78 is 15.9. The second-order valence-electron chi connectivity index (χ2n) is 10.2. The molecule has 0 bridgehead atoms. The zero-order valence-electron chi connectivity index (χ0n) is 20.5. The first-order chi connectivity index (χ1) is 16.9. The van der Waals surface area contributed by atoms with Crippen LogP contribution >= 0.6 is 0 Å². The number of imidazole rings is 1.